The van der Waals surface area contributed by atoms with Gasteiger partial charge in [0, 0.05) is 19.2 Å². The van der Waals surface area contributed by atoms with E-state index in [4.69, 9.17) is 11.6 Å². The SMILES string of the molecule is OC(c1ccc(Cl)c(Br)c1)c1csc2c(Br)cccc12. The highest BCUT2D eigenvalue weighted by atomic mass is 79.9. The number of fused-ring (bicyclic) bond motifs is 1. The molecular formula is C15H9Br2ClOS. The zero-order valence-electron chi connectivity index (χ0n) is 10.1. The molecule has 0 aliphatic carbocycles. The van der Waals surface area contributed by atoms with Crippen molar-refractivity contribution in [2.45, 2.75) is 6.10 Å². The van der Waals surface area contributed by atoms with Gasteiger partial charge in [-0.05, 0) is 66.4 Å². The number of rotatable bonds is 2. The van der Waals surface area contributed by atoms with Crippen LogP contribution in [0.4, 0.5) is 0 Å². The lowest BCUT2D eigenvalue weighted by Gasteiger charge is -2.11. The minimum atomic E-state index is -0.661. The van der Waals surface area contributed by atoms with Crippen LogP contribution in [-0.2, 0) is 0 Å². The first-order valence-corrected chi connectivity index (χ1v) is 8.71. The fourth-order valence-electron chi connectivity index (χ4n) is 2.12. The van der Waals surface area contributed by atoms with Crippen LogP contribution < -0.4 is 0 Å². The monoisotopic (exact) mass is 430 g/mol. The maximum absolute atomic E-state index is 10.6. The summed E-state index contributed by atoms with van der Waals surface area (Å²) >= 11 is 14.6. The molecule has 2 aromatic carbocycles. The molecule has 0 fully saturated rings. The summed E-state index contributed by atoms with van der Waals surface area (Å²) in [6, 6.07) is 11.5. The van der Waals surface area contributed by atoms with Crippen LogP contribution in [0.25, 0.3) is 10.1 Å². The smallest absolute Gasteiger partial charge is 0.105 e. The first-order valence-electron chi connectivity index (χ1n) is 5.86. The van der Waals surface area contributed by atoms with Crippen molar-refractivity contribution in [2.75, 3.05) is 0 Å². The molecule has 1 heterocycles. The van der Waals surface area contributed by atoms with Crippen LogP contribution in [0.2, 0.25) is 5.02 Å². The molecule has 0 radical (unpaired) electrons. The summed E-state index contributed by atoms with van der Waals surface area (Å²) in [5.74, 6) is 0. The standard InChI is InChI=1S/C15H9Br2ClOS/c16-11-3-1-2-9-10(7-20-15(9)11)14(19)8-4-5-13(18)12(17)6-8/h1-7,14,19H. The molecule has 102 valence electrons. The van der Waals surface area contributed by atoms with Crippen LogP contribution in [0, 0.1) is 0 Å². The second-order valence-corrected chi connectivity index (χ2v) is 7.38. The average molecular weight is 433 g/mol. The van der Waals surface area contributed by atoms with E-state index in [9.17, 15) is 5.11 Å². The minimum Gasteiger partial charge on any atom is -0.384 e. The van der Waals surface area contributed by atoms with Crippen molar-refractivity contribution in [3.8, 4) is 0 Å². The van der Waals surface area contributed by atoms with Crippen LogP contribution in [0.3, 0.4) is 0 Å². The molecule has 3 rings (SSSR count). The molecule has 0 saturated heterocycles. The Hall–Kier alpha value is -0.390. The topological polar surface area (TPSA) is 20.2 Å². The molecule has 1 aromatic heterocycles. The maximum atomic E-state index is 10.6. The number of hydrogen-bond acceptors (Lipinski definition) is 2. The Morgan fingerprint density at radius 3 is 2.65 bits per heavy atom. The zero-order chi connectivity index (χ0) is 14.3. The molecule has 1 atom stereocenters. The van der Waals surface area contributed by atoms with Gasteiger partial charge in [0.25, 0.3) is 0 Å². The van der Waals surface area contributed by atoms with Gasteiger partial charge in [0.05, 0.1) is 5.02 Å². The average Bonchev–Trinajstić information content (AvgIpc) is 2.86. The highest BCUT2D eigenvalue weighted by molar-refractivity contribution is 9.11. The van der Waals surface area contributed by atoms with Crippen LogP contribution in [0.15, 0.2) is 50.7 Å². The Labute approximate surface area is 142 Å². The van der Waals surface area contributed by atoms with Gasteiger partial charge in [0.1, 0.15) is 6.10 Å². The predicted octanol–water partition coefficient (Wildman–Crippen LogP) is 6.16. The summed E-state index contributed by atoms with van der Waals surface area (Å²) in [5.41, 5.74) is 1.74. The Morgan fingerprint density at radius 1 is 1.10 bits per heavy atom. The molecule has 0 aliphatic rings. The first-order chi connectivity index (χ1) is 9.58. The van der Waals surface area contributed by atoms with Gasteiger partial charge in [-0.15, -0.1) is 11.3 Å². The van der Waals surface area contributed by atoms with Crippen LogP contribution in [0.5, 0.6) is 0 Å². The van der Waals surface area contributed by atoms with E-state index >= 15 is 0 Å². The molecule has 0 aliphatic heterocycles. The van der Waals surface area contributed by atoms with Crippen molar-refractivity contribution >= 4 is 64.9 Å². The van der Waals surface area contributed by atoms with Crippen molar-refractivity contribution in [3.05, 3.63) is 66.9 Å². The first kappa shape index (κ1) is 14.5. The maximum Gasteiger partial charge on any atom is 0.105 e. The lowest BCUT2D eigenvalue weighted by Crippen LogP contribution is -1.98. The molecule has 1 unspecified atom stereocenters. The van der Waals surface area contributed by atoms with Gasteiger partial charge < -0.3 is 5.11 Å². The normalized spacial score (nSPS) is 12.8. The van der Waals surface area contributed by atoms with E-state index in [1.54, 1.807) is 17.4 Å². The van der Waals surface area contributed by atoms with E-state index in [0.29, 0.717) is 5.02 Å². The molecule has 0 bridgehead atoms. The fourth-order valence-corrected chi connectivity index (χ4v) is 4.27. The number of benzene rings is 2. The van der Waals surface area contributed by atoms with Crippen molar-refractivity contribution in [1.29, 1.82) is 0 Å². The van der Waals surface area contributed by atoms with E-state index in [-0.39, 0.29) is 0 Å². The second-order valence-electron chi connectivity index (χ2n) is 4.38. The third kappa shape index (κ3) is 2.55. The lowest BCUT2D eigenvalue weighted by molar-refractivity contribution is 0.222. The molecule has 3 aromatic rings. The highest BCUT2D eigenvalue weighted by Crippen LogP contribution is 2.38. The summed E-state index contributed by atoms with van der Waals surface area (Å²) < 4.78 is 2.99. The number of hydrogen-bond donors (Lipinski definition) is 1. The van der Waals surface area contributed by atoms with Crippen LogP contribution in [-0.4, -0.2) is 5.11 Å². The van der Waals surface area contributed by atoms with Crippen molar-refractivity contribution in [2.24, 2.45) is 0 Å². The molecule has 0 amide bonds. The Kier molecular flexibility index (Phi) is 4.20. The van der Waals surface area contributed by atoms with Crippen LogP contribution >= 0.6 is 54.8 Å². The van der Waals surface area contributed by atoms with Crippen molar-refractivity contribution in [3.63, 3.8) is 0 Å². The third-order valence-corrected chi connectivity index (χ3v) is 6.32. The summed E-state index contributed by atoms with van der Waals surface area (Å²) in [7, 11) is 0. The van der Waals surface area contributed by atoms with Gasteiger partial charge in [0.15, 0.2) is 0 Å². The number of aliphatic hydroxyl groups is 1. The molecule has 1 N–H and O–H groups in total. The Bertz CT molecular complexity index is 785. The van der Waals surface area contributed by atoms with E-state index in [1.165, 1.54) is 0 Å². The van der Waals surface area contributed by atoms with Gasteiger partial charge in [-0.1, -0.05) is 29.8 Å². The molecule has 5 heteroatoms. The summed E-state index contributed by atoms with van der Waals surface area (Å²) in [5, 5.41) is 14.3. The van der Waals surface area contributed by atoms with E-state index in [0.717, 1.165) is 30.2 Å². The van der Waals surface area contributed by atoms with Crippen molar-refractivity contribution < 1.29 is 5.11 Å². The number of halogens is 3. The van der Waals surface area contributed by atoms with Gasteiger partial charge in [0.2, 0.25) is 0 Å². The molecular weight excluding hydrogens is 423 g/mol. The fraction of sp³-hybridized carbons (Fsp3) is 0.0667. The van der Waals surface area contributed by atoms with Gasteiger partial charge in [-0.25, -0.2) is 0 Å². The lowest BCUT2D eigenvalue weighted by atomic mass is 10.0. The number of aliphatic hydroxyl groups excluding tert-OH is 1. The van der Waals surface area contributed by atoms with Gasteiger partial charge >= 0.3 is 0 Å². The highest BCUT2D eigenvalue weighted by Gasteiger charge is 2.17. The number of thiophene rings is 1. The third-order valence-electron chi connectivity index (χ3n) is 3.14. The second kappa shape index (κ2) is 5.78. The van der Waals surface area contributed by atoms with E-state index < -0.39 is 6.10 Å². The molecule has 0 saturated carbocycles. The molecule has 20 heavy (non-hydrogen) atoms. The minimum absolute atomic E-state index is 0.638. The summed E-state index contributed by atoms with van der Waals surface area (Å²) in [4.78, 5) is 0. The largest absolute Gasteiger partial charge is 0.384 e. The van der Waals surface area contributed by atoms with E-state index in [2.05, 4.69) is 31.9 Å². The van der Waals surface area contributed by atoms with Gasteiger partial charge in [-0.3, -0.25) is 0 Å². The Balaban J connectivity index is 2.10. The summed E-state index contributed by atoms with van der Waals surface area (Å²) in [6.45, 7) is 0. The molecule has 1 nitrogen and oxygen atoms in total. The van der Waals surface area contributed by atoms with Crippen LogP contribution in [0.1, 0.15) is 17.2 Å². The summed E-state index contributed by atoms with van der Waals surface area (Å²) in [6.07, 6.45) is -0.661. The zero-order valence-corrected chi connectivity index (χ0v) is 14.9. The van der Waals surface area contributed by atoms with Gasteiger partial charge in [-0.2, -0.15) is 0 Å². The quantitative estimate of drug-likeness (QED) is 0.514. The van der Waals surface area contributed by atoms with Crippen molar-refractivity contribution in [1.82, 2.24) is 0 Å². The van der Waals surface area contributed by atoms with E-state index in [1.807, 2.05) is 35.7 Å². The Morgan fingerprint density at radius 2 is 1.90 bits per heavy atom. The molecule has 0 spiro atoms. The predicted molar refractivity (Wildman–Crippen MR) is 92.7 cm³/mol.